The second-order valence-corrected chi connectivity index (χ2v) is 6.70. The zero-order chi connectivity index (χ0) is 18.1. The van der Waals surface area contributed by atoms with Gasteiger partial charge in [-0.15, -0.1) is 0 Å². The van der Waals surface area contributed by atoms with Crippen LogP contribution in [0.5, 0.6) is 5.75 Å². The van der Waals surface area contributed by atoms with Crippen molar-refractivity contribution in [2.75, 3.05) is 6.61 Å². The minimum Gasteiger partial charge on any atom is -0.485 e. The lowest BCUT2D eigenvalue weighted by atomic mass is 9.90. The van der Waals surface area contributed by atoms with Crippen LogP contribution in [-0.2, 0) is 12.8 Å². The lowest BCUT2D eigenvalue weighted by Crippen LogP contribution is -2.16. The van der Waals surface area contributed by atoms with E-state index in [2.05, 4.69) is 0 Å². The number of benzene rings is 2. The number of Topliss-reactive ketones (excluding diaryl/α,β-unsaturated/α-hetero) is 1. The summed E-state index contributed by atoms with van der Waals surface area (Å²) in [5.41, 5.74) is 3.63. The second kappa shape index (κ2) is 6.79. The minimum absolute atomic E-state index is 0.0501. The third-order valence-corrected chi connectivity index (χ3v) is 5.04. The molecule has 3 aromatic rings. The van der Waals surface area contributed by atoms with Gasteiger partial charge in [-0.05, 0) is 50.3 Å². The Morgan fingerprint density at radius 3 is 2.54 bits per heavy atom. The molecule has 0 fully saturated rings. The van der Waals surface area contributed by atoms with Crippen molar-refractivity contribution in [1.29, 1.82) is 0 Å². The van der Waals surface area contributed by atoms with Crippen molar-refractivity contribution < 1.29 is 13.9 Å². The third-order valence-electron chi connectivity index (χ3n) is 5.04. The van der Waals surface area contributed by atoms with Crippen LogP contribution in [-0.4, -0.2) is 12.4 Å². The molecule has 1 aliphatic rings. The van der Waals surface area contributed by atoms with E-state index in [4.69, 9.17) is 9.15 Å². The van der Waals surface area contributed by atoms with Gasteiger partial charge in [-0.3, -0.25) is 4.79 Å². The molecule has 4 nitrogen and oxygen atoms in total. The van der Waals surface area contributed by atoms with Gasteiger partial charge >= 0.3 is 5.63 Å². The number of hydrogen-bond acceptors (Lipinski definition) is 4. The van der Waals surface area contributed by atoms with Crippen molar-refractivity contribution in [2.24, 2.45) is 0 Å². The molecule has 1 aliphatic carbocycles. The van der Waals surface area contributed by atoms with E-state index in [0.717, 1.165) is 47.8 Å². The Labute approximate surface area is 151 Å². The Morgan fingerprint density at radius 1 is 1.04 bits per heavy atom. The molecule has 0 spiro atoms. The van der Waals surface area contributed by atoms with E-state index in [1.165, 1.54) is 0 Å². The van der Waals surface area contributed by atoms with E-state index in [0.29, 0.717) is 16.9 Å². The molecule has 0 saturated carbocycles. The predicted octanol–water partition coefficient (Wildman–Crippen LogP) is 4.24. The van der Waals surface area contributed by atoms with Gasteiger partial charge in [0, 0.05) is 22.1 Å². The first-order valence-corrected chi connectivity index (χ1v) is 8.94. The number of aryl methyl sites for hydroxylation is 2. The maximum atomic E-state index is 12.3. The lowest BCUT2D eigenvalue weighted by molar-refractivity contribution is 0.0921. The average molecular weight is 348 g/mol. The Kier molecular flexibility index (Phi) is 4.33. The van der Waals surface area contributed by atoms with Crippen LogP contribution in [0.25, 0.3) is 11.0 Å². The fourth-order valence-electron chi connectivity index (χ4n) is 3.63. The minimum atomic E-state index is -0.243. The summed E-state index contributed by atoms with van der Waals surface area (Å²) in [4.78, 5) is 24.6. The van der Waals surface area contributed by atoms with Crippen LogP contribution in [0.4, 0.5) is 0 Å². The van der Waals surface area contributed by atoms with E-state index < -0.39 is 0 Å². The SMILES string of the molecule is Cc1c(OCC(=O)c2ccccc2)ccc2c3c(c(=O)oc12)CCCC3. The molecular formula is C22H20O4. The van der Waals surface area contributed by atoms with Crippen molar-refractivity contribution >= 4 is 16.8 Å². The van der Waals surface area contributed by atoms with E-state index >= 15 is 0 Å². The standard InChI is InChI=1S/C22H20O4/c1-14-20(25-13-19(23)15-7-3-2-4-8-15)12-11-17-16-9-5-6-10-18(16)22(24)26-21(14)17/h2-4,7-8,11-12H,5-6,9-10,13H2,1H3. The predicted molar refractivity (Wildman–Crippen MR) is 100 cm³/mol. The van der Waals surface area contributed by atoms with E-state index in [1.54, 1.807) is 12.1 Å². The lowest BCUT2D eigenvalue weighted by Gasteiger charge is -2.17. The molecular weight excluding hydrogens is 328 g/mol. The molecule has 0 aliphatic heterocycles. The van der Waals surface area contributed by atoms with Crippen LogP contribution in [0, 0.1) is 6.92 Å². The van der Waals surface area contributed by atoms with Crippen LogP contribution < -0.4 is 10.4 Å². The summed E-state index contributed by atoms with van der Waals surface area (Å²) in [6, 6.07) is 12.9. The third kappa shape index (κ3) is 2.92. The molecule has 0 saturated heterocycles. The molecule has 0 atom stereocenters. The van der Waals surface area contributed by atoms with Crippen molar-refractivity contribution in [2.45, 2.75) is 32.6 Å². The Balaban J connectivity index is 1.66. The van der Waals surface area contributed by atoms with Gasteiger partial charge in [0.2, 0.25) is 0 Å². The quantitative estimate of drug-likeness (QED) is 0.523. The molecule has 4 heteroatoms. The largest absolute Gasteiger partial charge is 0.485 e. The molecule has 132 valence electrons. The second-order valence-electron chi connectivity index (χ2n) is 6.70. The van der Waals surface area contributed by atoms with Gasteiger partial charge in [0.1, 0.15) is 11.3 Å². The fourth-order valence-corrected chi connectivity index (χ4v) is 3.63. The zero-order valence-corrected chi connectivity index (χ0v) is 14.7. The number of carbonyl (C=O) groups excluding carboxylic acids is 1. The molecule has 2 aromatic carbocycles. The van der Waals surface area contributed by atoms with Crippen LogP contribution in [0.3, 0.4) is 0 Å². The van der Waals surface area contributed by atoms with E-state index in [9.17, 15) is 9.59 Å². The van der Waals surface area contributed by atoms with Crippen LogP contribution in [0.1, 0.15) is 39.9 Å². The Morgan fingerprint density at radius 2 is 1.77 bits per heavy atom. The fraction of sp³-hybridized carbons (Fsp3) is 0.273. The Hall–Kier alpha value is -2.88. The molecule has 0 N–H and O–H groups in total. The summed E-state index contributed by atoms with van der Waals surface area (Å²) >= 11 is 0. The summed E-state index contributed by atoms with van der Waals surface area (Å²) in [6.45, 7) is 1.81. The first kappa shape index (κ1) is 16.6. The molecule has 0 bridgehead atoms. The van der Waals surface area contributed by atoms with Gasteiger partial charge in [-0.2, -0.15) is 0 Å². The smallest absolute Gasteiger partial charge is 0.339 e. The topological polar surface area (TPSA) is 56.5 Å². The van der Waals surface area contributed by atoms with Gasteiger partial charge in [0.25, 0.3) is 0 Å². The number of fused-ring (bicyclic) bond motifs is 3. The van der Waals surface area contributed by atoms with Crippen LogP contribution >= 0.6 is 0 Å². The monoisotopic (exact) mass is 348 g/mol. The average Bonchev–Trinajstić information content (AvgIpc) is 2.69. The highest BCUT2D eigenvalue weighted by Gasteiger charge is 2.20. The van der Waals surface area contributed by atoms with Gasteiger partial charge in [-0.1, -0.05) is 30.3 Å². The summed E-state index contributed by atoms with van der Waals surface area (Å²) in [7, 11) is 0. The van der Waals surface area contributed by atoms with Crippen molar-refractivity contribution in [3.05, 3.63) is 75.1 Å². The summed E-state index contributed by atoms with van der Waals surface area (Å²) in [5.74, 6) is 0.484. The number of ether oxygens (including phenoxy) is 1. The van der Waals surface area contributed by atoms with Crippen LogP contribution in [0.15, 0.2) is 51.7 Å². The van der Waals surface area contributed by atoms with Crippen LogP contribution in [0.2, 0.25) is 0 Å². The molecule has 4 rings (SSSR count). The molecule has 26 heavy (non-hydrogen) atoms. The van der Waals surface area contributed by atoms with Gasteiger partial charge in [0.05, 0.1) is 0 Å². The van der Waals surface area contributed by atoms with Gasteiger partial charge in [-0.25, -0.2) is 4.79 Å². The summed E-state index contributed by atoms with van der Waals surface area (Å²) < 4.78 is 11.3. The highest BCUT2D eigenvalue weighted by Crippen LogP contribution is 2.32. The molecule has 0 unspecified atom stereocenters. The van der Waals surface area contributed by atoms with Gasteiger partial charge in [0.15, 0.2) is 12.4 Å². The number of hydrogen-bond donors (Lipinski definition) is 0. The number of ketones is 1. The van der Waals surface area contributed by atoms with Crippen molar-refractivity contribution in [3.63, 3.8) is 0 Å². The first-order chi connectivity index (χ1) is 12.6. The highest BCUT2D eigenvalue weighted by atomic mass is 16.5. The van der Waals surface area contributed by atoms with E-state index in [-0.39, 0.29) is 18.0 Å². The summed E-state index contributed by atoms with van der Waals surface area (Å²) in [5, 5.41) is 0.985. The van der Waals surface area contributed by atoms with Crippen molar-refractivity contribution in [1.82, 2.24) is 0 Å². The molecule has 0 amide bonds. The molecule has 1 aromatic heterocycles. The number of rotatable bonds is 4. The maximum Gasteiger partial charge on any atom is 0.339 e. The van der Waals surface area contributed by atoms with E-state index in [1.807, 2.05) is 37.3 Å². The summed E-state index contributed by atoms with van der Waals surface area (Å²) in [6.07, 6.45) is 3.82. The normalized spacial score (nSPS) is 13.4. The first-order valence-electron chi connectivity index (χ1n) is 8.94. The zero-order valence-electron chi connectivity index (χ0n) is 14.7. The molecule has 1 heterocycles. The maximum absolute atomic E-state index is 12.3. The Bertz CT molecular complexity index is 1030. The molecule has 0 radical (unpaired) electrons. The van der Waals surface area contributed by atoms with Gasteiger partial charge < -0.3 is 9.15 Å². The highest BCUT2D eigenvalue weighted by molar-refractivity contribution is 5.97. The number of carbonyl (C=O) groups is 1. The van der Waals surface area contributed by atoms with Crippen molar-refractivity contribution in [3.8, 4) is 5.75 Å².